The number of rotatable bonds is 9. The van der Waals surface area contributed by atoms with Crippen LogP contribution in [0.5, 0.6) is 0 Å². The minimum absolute atomic E-state index is 0. The van der Waals surface area contributed by atoms with E-state index in [0.29, 0.717) is 5.92 Å². The molecule has 0 unspecified atom stereocenters. The number of unbranched alkanes of at least 4 members (excludes halogenated alkanes) is 1. The number of hydrogen-bond donors (Lipinski definition) is 1. The third-order valence-electron chi connectivity index (χ3n) is 5.23. The maximum absolute atomic E-state index is 12.7. The van der Waals surface area contributed by atoms with Crippen molar-refractivity contribution in [3.63, 3.8) is 0 Å². The fourth-order valence-corrected chi connectivity index (χ4v) is 3.50. The van der Waals surface area contributed by atoms with Crippen molar-refractivity contribution in [3.05, 3.63) is 29.8 Å². The van der Waals surface area contributed by atoms with E-state index in [2.05, 4.69) is 43.1 Å². The van der Waals surface area contributed by atoms with Gasteiger partial charge in [0.1, 0.15) is 0 Å². The van der Waals surface area contributed by atoms with Gasteiger partial charge in [-0.2, -0.15) is 0 Å². The quantitative estimate of drug-likeness (QED) is 0.636. The third-order valence-corrected chi connectivity index (χ3v) is 5.23. The molecule has 1 aliphatic rings. The first kappa shape index (κ1) is 26.0. The zero-order valence-electron chi connectivity index (χ0n) is 17.1. The van der Waals surface area contributed by atoms with Crippen molar-refractivity contribution in [2.45, 2.75) is 46.5 Å². The van der Waals surface area contributed by atoms with E-state index in [0.717, 1.165) is 57.7 Å². The molecule has 4 nitrogen and oxygen atoms in total. The molecule has 1 N–H and O–H groups in total. The molecule has 1 heterocycles. The van der Waals surface area contributed by atoms with E-state index in [4.69, 9.17) is 0 Å². The molecule has 1 saturated heterocycles. The van der Waals surface area contributed by atoms with Crippen LogP contribution in [0, 0.1) is 5.92 Å². The van der Waals surface area contributed by atoms with Crippen molar-refractivity contribution in [3.8, 4) is 0 Å². The van der Waals surface area contributed by atoms with Crippen LogP contribution < -0.4 is 10.2 Å². The van der Waals surface area contributed by atoms with Crippen molar-refractivity contribution in [1.82, 2.24) is 10.2 Å². The standard InChI is InChI=1S/C21H35N3O.2ClH/c1-4-7-14-23(6-3)20-10-8-19(9-11-20)21(25)24-15-12-18(13-16-24)17-22-5-2;;/h8-11,18,22H,4-7,12-17H2,1-3H3;2*1H. The lowest BCUT2D eigenvalue weighted by Gasteiger charge is -2.32. The summed E-state index contributed by atoms with van der Waals surface area (Å²) in [5.41, 5.74) is 2.04. The Kier molecular flexibility index (Phi) is 13.6. The monoisotopic (exact) mass is 417 g/mol. The number of amides is 1. The number of piperidine rings is 1. The normalized spacial score (nSPS) is 14.3. The van der Waals surface area contributed by atoms with Crippen LogP contribution in [0.4, 0.5) is 5.69 Å². The average Bonchev–Trinajstić information content (AvgIpc) is 2.67. The molecule has 0 saturated carbocycles. The first-order valence-corrected chi connectivity index (χ1v) is 10.0. The van der Waals surface area contributed by atoms with Gasteiger partial charge in [-0.15, -0.1) is 24.8 Å². The Hall–Kier alpha value is -0.970. The van der Waals surface area contributed by atoms with Gasteiger partial charge < -0.3 is 15.1 Å². The van der Waals surface area contributed by atoms with Gasteiger partial charge in [0.25, 0.3) is 5.91 Å². The molecule has 0 bridgehead atoms. The molecule has 0 radical (unpaired) electrons. The van der Waals surface area contributed by atoms with Crippen LogP contribution in [-0.2, 0) is 0 Å². The zero-order chi connectivity index (χ0) is 18.1. The summed E-state index contributed by atoms with van der Waals surface area (Å²) in [6, 6.07) is 8.20. The Labute approximate surface area is 177 Å². The van der Waals surface area contributed by atoms with Crippen molar-refractivity contribution >= 4 is 36.4 Å². The van der Waals surface area contributed by atoms with E-state index >= 15 is 0 Å². The highest BCUT2D eigenvalue weighted by Crippen LogP contribution is 2.21. The molecule has 2 rings (SSSR count). The van der Waals surface area contributed by atoms with Crippen molar-refractivity contribution in [2.75, 3.05) is 44.2 Å². The fraction of sp³-hybridized carbons (Fsp3) is 0.667. The Morgan fingerprint density at radius 3 is 2.26 bits per heavy atom. The number of nitrogens with one attached hydrogen (secondary N) is 1. The van der Waals surface area contributed by atoms with Gasteiger partial charge in [0.2, 0.25) is 0 Å². The third kappa shape index (κ3) is 7.89. The lowest BCUT2D eigenvalue weighted by molar-refractivity contribution is 0.0690. The molecular weight excluding hydrogens is 381 g/mol. The topological polar surface area (TPSA) is 35.6 Å². The van der Waals surface area contributed by atoms with Crippen LogP contribution in [0.25, 0.3) is 0 Å². The van der Waals surface area contributed by atoms with Crippen molar-refractivity contribution in [2.24, 2.45) is 5.92 Å². The van der Waals surface area contributed by atoms with E-state index in [1.54, 1.807) is 0 Å². The molecule has 0 atom stereocenters. The minimum Gasteiger partial charge on any atom is -0.372 e. The Morgan fingerprint density at radius 1 is 1.11 bits per heavy atom. The lowest BCUT2D eigenvalue weighted by Crippen LogP contribution is -2.40. The first-order valence-electron chi connectivity index (χ1n) is 10.0. The molecule has 0 aromatic heterocycles. The molecule has 6 heteroatoms. The van der Waals surface area contributed by atoms with Crippen LogP contribution in [-0.4, -0.2) is 50.1 Å². The number of carbonyl (C=O) groups excluding carboxylic acids is 1. The van der Waals surface area contributed by atoms with Crippen LogP contribution in [0.2, 0.25) is 0 Å². The number of anilines is 1. The second kappa shape index (κ2) is 14.1. The molecular formula is C21H37Cl2N3O. The van der Waals surface area contributed by atoms with E-state index in [1.807, 2.05) is 17.0 Å². The number of nitrogens with zero attached hydrogens (tertiary/aromatic N) is 2. The van der Waals surface area contributed by atoms with Gasteiger partial charge in [-0.25, -0.2) is 0 Å². The first-order chi connectivity index (χ1) is 12.2. The molecule has 1 aromatic carbocycles. The molecule has 27 heavy (non-hydrogen) atoms. The highest BCUT2D eigenvalue weighted by molar-refractivity contribution is 5.94. The zero-order valence-corrected chi connectivity index (χ0v) is 18.7. The number of hydrogen-bond acceptors (Lipinski definition) is 3. The molecule has 1 aliphatic heterocycles. The predicted molar refractivity (Wildman–Crippen MR) is 121 cm³/mol. The van der Waals surface area contributed by atoms with Gasteiger partial charge in [-0.3, -0.25) is 4.79 Å². The number of benzene rings is 1. The second-order valence-electron chi connectivity index (χ2n) is 7.02. The minimum atomic E-state index is 0. The van der Waals surface area contributed by atoms with Gasteiger partial charge >= 0.3 is 0 Å². The molecule has 0 spiro atoms. The van der Waals surface area contributed by atoms with E-state index in [-0.39, 0.29) is 30.7 Å². The van der Waals surface area contributed by atoms with E-state index in [9.17, 15) is 4.79 Å². The van der Waals surface area contributed by atoms with Crippen molar-refractivity contribution < 1.29 is 4.79 Å². The van der Waals surface area contributed by atoms with Crippen LogP contribution >= 0.6 is 24.8 Å². The SMILES string of the molecule is CCCCN(CC)c1ccc(C(=O)N2CCC(CNCC)CC2)cc1.Cl.Cl. The summed E-state index contributed by atoms with van der Waals surface area (Å²) in [6.45, 7) is 12.5. The van der Waals surface area contributed by atoms with Crippen LogP contribution in [0.1, 0.15) is 56.8 Å². The molecule has 156 valence electrons. The summed E-state index contributed by atoms with van der Waals surface area (Å²) in [5.74, 6) is 0.896. The molecule has 1 amide bonds. The van der Waals surface area contributed by atoms with E-state index < -0.39 is 0 Å². The number of halogens is 2. The van der Waals surface area contributed by atoms with Crippen LogP contribution in [0.15, 0.2) is 24.3 Å². The van der Waals surface area contributed by atoms with Crippen LogP contribution in [0.3, 0.4) is 0 Å². The van der Waals surface area contributed by atoms with Gasteiger partial charge in [0, 0.05) is 37.4 Å². The van der Waals surface area contributed by atoms with Gasteiger partial charge in [-0.05, 0) is 69.5 Å². The molecule has 1 aromatic rings. The summed E-state index contributed by atoms with van der Waals surface area (Å²) in [4.78, 5) is 17.1. The van der Waals surface area contributed by atoms with Crippen molar-refractivity contribution in [1.29, 1.82) is 0 Å². The summed E-state index contributed by atoms with van der Waals surface area (Å²) in [5, 5.41) is 3.42. The fourth-order valence-electron chi connectivity index (χ4n) is 3.50. The average molecular weight is 418 g/mol. The second-order valence-corrected chi connectivity index (χ2v) is 7.02. The van der Waals surface area contributed by atoms with Gasteiger partial charge in [0.05, 0.1) is 0 Å². The largest absolute Gasteiger partial charge is 0.372 e. The lowest BCUT2D eigenvalue weighted by atomic mass is 9.96. The molecule has 1 fully saturated rings. The number of carbonyl (C=O) groups is 1. The molecule has 0 aliphatic carbocycles. The van der Waals surface area contributed by atoms with E-state index in [1.165, 1.54) is 18.5 Å². The smallest absolute Gasteiger partial charge is 0.253 e. The summed E-state index contributed by atoms with van der Waals surface area (Å²) in [6.07, 6.45) is 4.63. The maximum atomic E-state index is 12.7. The predicted octanol–water partition coefficient (Wildman–Crippen LogP) is 4.62. The Morgan fingerprint density at radius 2 is 1.74 bits per heavy atom. The maximum Gasteiger partial charge on any atom is 0.253 e. The Bertz CT molecular complexity index is 517. The summed E-state index contributed by atoms with van der Waals surface area (Å²) < 4.78 is 0. The summed E-state index contributed by atoms with van der Waals surface area (Å²) in [7, 11) is 0. The highest BCUT2D eigenvalue weighted by atomic mass is 35.5. The Balaban J connectivity index is 0.00000338. The van der Waals surface area contributed by atoms with Gasteiger partial charge in [0.15, 0.2) is 0 Å². The number of likely N-dealkylation sites (tertiary alicyclic amines) is 1. The highest BCUT2D eigenvalue weighted by Gasteiger charge is 2.23. The van der Waals surface area contributed by atoms with Gasteiger partial charge in [-0.1, -0.05) is 20.3 Å². The summed E-state index contributed by atoms with van der Waals surface area (Å²) >= 11 is 0.